The zero-order chi connectivity index (χ0) is 19.0. The van der Waals surface area contributed by atoms with Crippen LogP contribution in [0.15, 0.2) is 41.8 Å². The standard InChI is InChI=1S/C20H18N2O5/c1-23-12-3-4-13-15(9-12)27-20(22)14(10-21)18(13)11-7-16(24-2)19-17(8-11)25-5-6-26-19/h3-4,7-9,18H,5-6,22H2,1-2H3. The Hall–Kier alpha value is -3.53. The third-order valence-electron chi connectivity index (χ3n) is 4.61. The molecule has 4 rings (SSSR count). The molecule has 1 unspecified atom stereocenters. The van der Waals surface area contributed by atoms with E-state index in [0.29, 0.717) is 47.5 Å². The van der Waals surface area contributed by atoms with Crippen LogP contribution in [-0.2, 0) is 0 Å². The zero-order valence-corrected chi connectivity index (χ0v) is 14.9. The van der Waals surface area contributed by atoms with Gasteiger partial charge >= 0.3 is 0 Å². The normalized spacial score (nSPS) is 17.4. The molecule has 0 amide bonds. The molecule has 7 heteroatoms. The number of benzene rings is 2. The number of ether oxygens (including phenoxy) is 5. The lowest BCUT2D eigenvalue weighted by Gasteiger charge is -2.28. The van der Waals surface area contributed by atoms with Crippen molar-refractivity contribution < 1.29 is 23.7 Å². The summed E-state index contributed by atoms with van der Waals surface area (Å²) in [5.74, 6) is 2.51. The summed E-state index contributed by atoms with van der Waals surface area (Å²) in [6, 6.07) is 11.3. The average molecular weight is 366 g/mol. The van der Waals surface area contributed by atoms with Gasteiger partial charge in [-0.2, -0.15) is 5.26 Å². The monoisotopic (exact) mass is 366 g/mol. The summed E-state index contributed by atoms with van der Waals surface area (Å²) in [4.78, 5) is 0. The maximum absolute atomic E-state index is 9.70. The maximum Gasteiger partial charge on any atom is 0.205 e. The number of nitriles is 1. The van der Waals surface area contributed by atoms with Crippen LogP contribution in [0.2, 0.25) is 0 Å². The molecule has 27 heavy (non-hydrogen) atoms. The van der Waals surface area contributed by atoms with E-state index in [1.54, 1.807) is 20.3 Å². The first-order chi connectivity index (χ1) is 13.2. The SMILES string of the molecule is COc1ccc2c(c1)OC(N)=C(C#N)C2c1cc(OC)c2c(c1)OCCO2. The van der Waals surface area contributed by atoms with Gasteiger partial charge in [-0.15, -0.1) is 0 Å². The van der Waals surface area contributed by atoms with Crippen molar-refractivity contribution in [3.8, 4) is 34.8 Å². The van der Waals surface area contributed by atoms with Crippen molar-refractivity contribution in [3.63, 3.8) is 0 Å². The lowest BCUT2D eigenvalue weighted by molar-refractivity contribution is 0.165. The molecule has 0 saturated heterocycles. The van der Waals surface area contributed by atoms with Crippen molar-refractivity contribution in [3.05, 3.63) is 52.9 Å². The van der Waals surface area contributed by atoms with Gasteiger partial charge in [0, 0.05) is 11.6 Å². The lowest BCUT2D eigenvalue weighted by atomic mass is 9.83. The predicted molar refractivity (Wildman–Crippen MR) is 96.3 cm³/mol. The van der Waals surface area contributed by atoms with Crippen molar-refractivity contribution in [1.29, 1.82) is 5.26 Å². The first-order valence-electron chi connectivity index (χ1n) is 8.39. The van der Waals surface area contributed by atoms with Gasteiger partial charge in [-0.25, -0.2) is 0 Å². The number of hydrogen-bond acceptors (Lipinski definition) is 7. The Balaban J connectivity index is 1.91. The van der Waals surface area contributed by atoms with E-state index in [1.165, 1.54) is 0 Å². The summed E-state index contributed by atoms with van der Waals surface area (Å²) in [6.07, 6.45) is 0. The minimum absolute atomic E-state index is 0.0668. The van der Waals surface area contributed by atoms with Gasteiger partial charge in [-0.1, -0.05) is 6.07 Å². The van der Waals surface area contributed by atoms with Gasteiger partial charge < -0.3 is 29.4 Å². The third-order valence-corrected chi connectivity index (χ3v) is 4.61. The van der Waals surface area contributed by atoms with Crippen LogP contribution in [0.25, 0.3) is 0 Å². The molecule has 0 aromatic heterocycles. The molecule has 2 heterocycles. The Bertz CT molecular complexity index is 960. The molecular weight excluding hydrogens is 348 g/mol. The predicted octanol–water partition coefficient (Wildman–Crippen LogP) is 2.69. The fourth-order valence-electron chi connectivity index (χ4n) is 3.37. The molecule has 0 aliphatic carbocycles. The van der Waals surface area contributed by atoms with Gasteiger partial charge in [0.15, 0.2) is 11.5 Å². The number of hydrogen-bond donors (Lipinski definition) is 1. The van der Waals surface area contributed by atoms with Crippen molar-refractivity contribution in [2.45, 2.75) is 5.92 Å². The highest BCUT2D eigenvalue weighted by atomic mass is 16.6. The molecule has 0 fully saturated rings. The van der Waals surface area contributed by atoms with Crippen LogP contribution in [-0.4, -0.2) is 27.4 Å². The van der Waals surface area contributed by atoms with Crippen LogP contribution in [0.3, 0.4) is 0 Å². The molecule has 0 bridgehead atoms. The topological polar surface area (TPSA) is 96.0 Å². The first kappa shape index (κ1) is 16.9. The van der Waals surface area contributed by atoms with E-state index in [9.17, 15) is 5.26 Å². The van der Waals surface area contributed by atoms with E-state index in [0.717, 1.165) is 11.1 Å². The number of fused-ring (bicyclic) bond motifs is 2. The highest BCUT2D eigenvalue weighted by Gasteiger charge is 2.33. The van der Waals surface area contributed by atoms with E-state index >= 15 is 0 Å². The largest absolute Gasteiger partial charge is 0.497 e. The van der Waals surface area contributed by atoms with Crippen molar-refractivity contribution in [1.82, 2.24) is 0 Å². The minimum atomic E-state index is -0.422. The lowest BCUT2D eigenvalue weighted by Crippen LogP contribution is -2.22. The van der Waals surface area contributed by atoms with E-state index < -0.39 is 5.92 Å². The smallest absolute Gasteiger partial charge is 0.205 e. The number of allylic oxidation sites excluding steroid dienone is 1. The molecule has 2 N–H and O–H groups in total. The molecule has 0 radical (unpaired) electrons. The second kappa shape index (κ2) is 6.65. The summed E-state index contributed by atoms with van der Waals surface area (Å²) in [5.41, 5.74) is 7.97. The van der Waals surface area contributed by atoms with Gasteiger partial charge in [-0.05, 0) is 23.8 Å². The molecule has 2 aromatic carbocycles. The number of nitrogens with zero attached hydrogens (tertiary/aromatic N) is 1. The Labute approximate surface area is 156 Å². The Morgan fingerprint density at radius 2 is 1.89 bits per heavy atom. The van der Waals surface area contributed by atoms with Crippen LogP contribution in [0.1, 0.15) is 17.0 Å². The molecule has 0 saturated carbocycles. The summed E-state index contributed by atoms with van der Waals surface area (Å²) in [5, 5.41) is 9.70. The highest BCUT2D eigenvalue weighted by Crippen LogP contribution is 2.48. The molecule has 1 atom stereocenters. The Morgan fingerprint density at radius 1 is 1.07 bits per heavy atom. The van der Waals surface area contributed by atoms with Crippen LogP contribution >= 0.6 is 0 Å². The summed E-state index contributed by atoms with van der Waals surface area (Å²) < 4.78 is 27.8. The maximum atomic E-state index is 9.70. The quantitative estimate of drug-likeness (QED) is 0.892. The molecule has 0 spiro atoms. The average Bonchev–Trinajstić information content (AvgIpc) is 2.71. The van der Waals surface area contributed by atoms with Gasteiger partial charge in [0.1, 0.15) is 36.4 Å². The fourth-order valence-corrected chi connectivity index (χ4v) is 3.37. The van der Waals surface area contributed by atoms with Gasteiger partial charge in [0.2, 0.25) is 11.6 Å². The number of methoxy groups -OCH3 is 2. The van der Waals surface area contributed by atoms with Crippen molar-refractivity contribution >= 4 is 0 Å². The molecular formula is C20H18N2O5. The summed E-state index contributed by atoms with van der Waals surface area (Å²) in [7, 11) is 3.14. The van der Waals surface area contributed by atoms with Gasteiger partial charge in [0.05, 0.1) is 20.1 Å². The zero-order valence-electron chi connectivity index (χ0n) is 14.9. The first-order valence-corrected chi connectivity index (χ1v) is 8.39. The number of rotatable bonds is 3. The Morgan fingerprint density at radius 3 is 2.63 bits per heavy atom. The minimum Gasteiger partial charge on any atom is -0.497 e. The molecule has 2 aliphatic rings. The van der Waals surface area contributed by atoms with E-state index in [1.807, 2.05) is 24.3 Å². The van der Waals surface area contributed by atoms with Crippen molar-refractivity contribution in [2.75, 3.05) is 27.4 Å². The molecule has 2 aromatic rings. The van der Waals surface area contributed by atoms with Crippen LogP contribution < -0.4 is 29.4 Å². The van der Waals surface area contributed by atoms with E-state index in [4.69, 9.17) is 29.4 Å². The van der Waals surface area contributed by atoms with Crippen LogP contribution in [0.5, 0.6) is 28.7 Å². The molecule has 2 aliphatic heterocycles. The summed E-state index contributed by atoms with van der Waals surface area (Å²) in [6.45, 7) is 0.906. The van der Waals surface area contributed by atoms with E-state index in [-0.39, 0.29) is 5.88 Å². The van der Waals surface area contributed by atoms with Gasteiger partial charge in [0.25, 0.3) is 0 Å². The second-order valence-corrected chi connectivity index (χ2v) is 6.08. The third kappa shape index (κ3) is 2.75. The molecule has 138 valence electrons. The Kier molecular flexibility index (Phi) is 4.16. The second-order valence-electron chi connectivity index (χ2n) is 6.08. The van der Waals surface area contributed by atoms with Gasteiger partial charge in [-0.3, -0.25) is 0 Å². The van der Waals surface area contributed by atoms with Crippen molar-refractivity contribution in [2.24, 2.45) is 5.73 Å². The summed E-state index contributed by atoms with van der Waals surface area (Å²) >= 11 is 0. The molecule has 7 nitrogen and oxygen atoms in total. The van der Waals surface area contributed by atoms with Crippen LogP contribution in [0.4, 0.5) is 0 Å². The van der Waals surface area contributed by atoms with Crippen LogP contribution in [0, 0.1) is 11.3 Å². The highest BCUT2D eigenvalue weighted by molar-refractivity contribution is 5.62. The van der Waals surface area contributed by atoms with E-state index in [2.05, 4.69) is 6.07 Å². The number of nitrogens with two attached hydrogens (primary N) is 1. The fraction of sp³-hybridized carbons (Fsp3) is 0.250.